The van der Waals surface area contributed by atoms with Crippen molar-refractivity contribution >= 4 is 11.9 Å². The summed E-state index contributed by atoms with van der Waals surface area (Å²) in [6.45, 7) is 6.40. The summed E-state index contributed by atoms with van der Waals surface area (Å²) < 4.78 is 16.9. The lowest BCUT2D eigenvalue weighted by molar-refractivity contribution is -0.178. The van der Waals surface area contributed by atoms with Gasteiger partial charge in [0, 0.05) is 18.8 Å². The van der Waals surface area contributed by atoms with Crippen LogP contribution in [0.25, 0.3) is 0 Å². The van der Waals surface area contributed by atoms with E-state index in [2.05, 4.69) is 0 Å². The molecule has 10 atom stereocenters. The summed E-state index contributed by atoms with van der Waals surface area (Å²) in [4.78, 5) is 24.2. The van der Waals surface area contributed by atoms with Crippen molar-refractivity contribution in [3.63, 3.8) is 0 Å². The number of ether oxygens (including phenoxy) is 3. The van der Waals surface area contributed by atoms with Crippen molar-refractivity contribution in [2.45, 2.75) is 81.8 Å². The van der Waals surface area contributed by atoms with E-state index in [-0.39, 0.29) is 12.8 Å². The van der Waals surface area contributed by atoms with E-state index in [9.17, 15) is 24.9 Å². The fourth-order valence-electron chi connectivity index (χ4n) is 5.64. The highest BCUT2D eigenvalue weighted by atomic mass is 16.7. The summed E-state index contributed by atoms with van der Waals surface area (Å²) in [5.41, 5.74) is -4.32. The Kier molecular flexibility index (Phi) is 3.62. The Morgan fingerprint density at radius 3 is 2.62 bits per heavy atom. The average Bonchev–Trinajstić information content (AvgIpc) is 3.18. The molecule has 8 heteroatoms. The molecule has 2 saturated carbocycles. The number of epoxide rings is 1. The molecular formula is C18H26O8. The fourth-order valence-corrected chi connectivity index (χ4v) is 5.64. The third-order valence-corrected chi connectivity index (χ3v) is 7.02. The monoisotopic (exact) mass is 370 g/mol. The third-order valence-electron chi connectivity index (χ3n) is 7.02. The SMILES string of the molecule is CCC(=O)O[C@H]1C[C@@](C)(O)[C@@]23O[C@@H]2[C@H](O)[C@@](C)(O)[C@@H]3[C@H]2OC(=O)[C@@H](C)[C@@H]21. The maximum absolute atomic E-state index is 12.3. The van der Waals surface area contributed by atoms with E-state index >= 15 is 0 Å². The first kappa shape index (κ1) is 18.2. The van der Waals surface area contributed by atoms with Crippen molar-refractivity contribution in [3.05, 3.63) is 0 Å². The van der Waals surface area contributed by atoms with Gasteiger partial charge in [-0.05, 0) is 13.8 Å². The molecule has 26 heavy (non-hydrogen) atoms. The first-order chi connectivity index (χ1) is 12.0. The zero-order valence-corrected chi connectivity index (χ0v) is 15.3. The molecule has 4 aliphatic rings. The van der Waals surface area contributed by atoms with Gasteiger partial charge in [-0.15, -0.1) is 0 Å². The van der Waals surface area contributed by atoms with Crippen molar-refractivity contribution < 1.29 is 39.1 Å². The number of aliphatic hydroxyl groups is 3. The number of hydrogen-bond donors (Lipinski definition) is 3. The molecule has 0 aromatic carbocycles. The average molecular weight is 370 g/mol. The van der Waals surface area contributed by atoms with Gasteiger partial charge >= 0.3 is 11.9 Å². The Labute approximate surface area is 151 Å². The number of esters is 2. The van der Waals surface area contributed by atoms with Gasteiger partial charge in [-0.25, -0.2) is 0 Å². The van der Waals surface area contributed by atoms with Crippen LogP contribution >= 0.6 is 0 Å². The molecular weight excluding hydrogens is 344 g/mol. The molecule has 0 aromatic heterocycles. The summed E-state index contributed by atoms with van der Waals surface area (Å²) in [7, 11) is 0. The number of hydrogen-bond acceptors (Lipinski definition) is 8. The molecule has 2 aliphatic carbocycles. The van der Waals surface area contributed by atoms with Crippen LogP contribution in [0.15, 0.2) is 0 Å². The molecule has 4 rings (SSSR count). The molecule has 0 radical (unpaired) electrons. The van der Waals surface area contributed by atoms with Gasteiger partial charge in [0.15, 0.2) is 0 Å². The standard InChI is InChI=1S/C18H26O8/c1-5-9(19)24-8-6-16(3,22)18-12(11-10(8)7(2)15(21)25-11)17(4,23)13(20)14(18)26-18/h7-8,10-14,20,22-23H,5-6H2,1-4H3/t7-,8-,10+,11-,12-,13-,14+,16+,17-,18-/m0/s1. The lowest BCUT2D eigenvalue weighted by Gasteiger charge is -2.40. The molecule has 0 unspecified atom stereocenters. The number of rotatable bonds is 2. The topological polar surface area (TPSA) is 126 Å². The first-order valence-corrected chi connectivity index (χ1v) is 9.19. The smallest absolute Gasteiger partial charge is 0.309 e. The van der Waals surface area contributed by atoms with Gasteiger partial charge in [0.25, 0.3) is 0 Å². The second-order valence-corrected chi connectivity index (χ2v) is 8.61. The second kappa shape index (κ2) is 5.19. The minimum absolute atomic E-state index is 0.0384. The molecule has 2 heterocycles. The molecule has 0 bridgehead atoms. The summed E-state index contributed by atoms with van der Waals surface area (Å²) in [5.74, 6) is -2.79. The van der Waals surface area contributed by atoms with E-state index in [1.165, 1.54) is 6.92 Å². The lowest BCUT2D eigenvalue weighted by atomic mass is 9.72. The van der Waals surface area contributed by atoms with Crippen molar-refractivity contribution in [2.24, 2.45) is 17.8 Å². The minimum Gasteiger partial charge on any atom is -0.462 e. The van der Waals surface area contributed by atoms with Crippen LogP contribution in [0, 0.1) is 17.8 Å². The summed E-state index contributed by atoms with van der Waals surface area (Å²) in [5, 5.41) is 32.8. The van der Waals surface area contributed by atoms with E-state index < -0.39 is 70.9 Å². The maximum Gasteiger partial charge on any atom is 0.309 e. The molecule has 2 aliphatic heterocycles. The minimum atomic E-state index is -1.61. The Bertz CT molecular complexity index is 658. The quantitative estimate of drug-likeness (QED) is 0.440. The number of carbonyl (C=O) groups is 2. The van der Waals surface area contributed by atoms with E-state index in [1.807, 2.05) is 0 Å². The van der Waals surface area contributed by atoms with Crippen LogP contribution < -0.4 is 0 Å². The number of carbonyl (C=O) groups excluding carboxylic acids is 2. The summed E-state index contributed by atoms with van der Waals surface area (Å²) in [6, 6.07) is 0. The molecule has 4 fully saturated rings. The van der Waals surface area contributed by atoms with Gasteiger partial charge in [-0.1, -0.05) is 13.8 Å². The first-order valence-electron chi connectivity index (χ1n) is 9.19. The van der Waals surface area contributed by atoms with Gasteiger partial charge < -0.3 is 29.5 Å². The van der Waals surface area contributed by atoms with Crippen LogP contribution in [0.3, 0.4) is 0 Å². The van der Waals surface area contributed by atoms with Crippen LogP contribution in [0.4, 0.5) is 0 Å². The van der Waals surface area contributed by atoms with E-state index in [0.717, 1.165) is 0 Å². The Morgan fingerprint density at radius 1 is 1.35 bits per heavy atom. The number of aliphatic hydroxyl groups excluding tert-OH is 1. The Hall–Kier alpha value is -1.22. The molecule has 3 N–H and O–H groups in total. The third kappa shape index (κ3) is 1.99. The van der Waals surface area contributed by atoms with Crippen molar-refractivity contribution in [1.29, 1.82) is 0 Å². The van der Waals surface area contributed by atoms with Crippen LogP contribution in [-0.4, -0.2) is 68.5 Å². The second-order valence-electron chi connectivity index (χ2n) is 8.61. The molecule has 2 saturated heterocycles. The zero-order valence-electron chi connectivity index (χ0n) is 15.3. The van der Waals surface area contributed by atoms with Gasteiger partial charge in [-0.2, -0.15) is 0 Å². The Balaban J connectivity index is 1.82. The van der Waals surface area contributed by atoms with Crippen LogP contribution in [0.5, 0.6) is 0 Å². The van der Waals surface area contributed by atoms with Gasteiger partial charge in [0.1, 0.15) is 30.0 Å². The molecule has 0 amide bonds. The highest BCUT2D eigenvalue weighted by Crippen LogP contribution is 2.68. The fraction of sp³-hybridized carbons (Fsp3) is 0.889. The van der Waals surface area contributed by atoms with Gasteiger partial charge in [0.2, 0.25) is 0 Å². The predicted molar refractivity (Wildman–Crippen MR) is 85.7 cm³/mol. The molecule has 146 valence electrons. The lowest BCUT2D eigenvalue weighted by Crippen LogP contribution is -2.56. The van der Waals surface area contributed by atoms with Crippen molar-refractivity contribution in [3.8, 4) is 0 Å². The van der Waals surface area contributed by atoms with E-state index in [0.29, 0.717) is 0 Å². The van der Waals surface area contributed by atoms with Crippen molar-refractivity contribution in [2.75, 3.05) is 0 Å². The maximum atomic E-state index is 12.3. The molecule has 8 nitrogen and oxygen atoms in total. The van der Waals surface area contributed by atoms with Crippen LogP contribution in [0.2, 0.25) is 0 Å². The highest BCUT2D eigenvalue weighted by Gasteiger charge is 2.87. The Morgan fingerprint density at radius 2 is 2.00 bits per heavy atom. The normalized spacial score (nSPS) is 57.5. The molecule has 0 aromatic rings. The largest absolute Gasteiger partial charge is 0.462 e. The van der Waals surface area contributed by atoms with E-state index in [4.69, 9.17) is 14.2 Å². The van der Waals surface area contributed by atoms with Crippen LogP contribution in [0.1, 0.15) is 40.5 Å². The van der Waals surface area contributed by atoms with Gasteiger partial charge in [0.05, 0.1) is 23.0 Å². The summed E-state index contributed by atoms with van der Waals surface area (Å²) >= 11 is 0. The summed E-state index contributed by atoms with van der Waals surface area (Å²) in [6.07, 6.45) is -3.32. The predicted octanol–water partition coefficient (Wildman–Crippen LogP) is -0.480. The zero-order chi connectivity index (χ0) is 19.2. The van der Waals surface area contributed by atoms with Crippen LogP contribution in [-0.2, 0) is 23.8 Å². The molecule has 1 spiro atoms. The van der Waals surface area contributed by atoms with Gasteiger partial charge in [-0.3, -0.25) is 9.59 Å². The van der Waals surface area contributed by atoms with E-state index in [1.54, 1.807) is 20.8 Å². The van der Waals surface area contributed by atoms with Crippen molar-refractivity contribution in [1.82, 2.24) is 0 Å². The highest BCUT2D eigenvalue weighted by molar-refractivity contribution is 5.75. The number of fused-ring (bicyclic) bond motifs is 2.